The van der Waals surface area contributed by atoms with Crippen LogP contribution in [0.15, 0.2) is 24.3 Å². The molecule has 2 aliphatic carbocycles. The van der Waals surface area contributed by atoms with Crippen molar-refractivity contribution < 1.29 is 9.59 Å². The third kappa shape index (κ3) is 3.67. The van der Waals surface area contributed by atoms with Crippen LogP contribution in [0.1, 0.15) is 61.7 Å². The van der Waals surface area contributed by atoms with Crippen molar-refractivity contribution in [3.8, 4) is 0 Å². The summed E-state index contributed by atoms with van der Waals surface area (Å²) in [4.78, 5) is 24.1. The van der Waals surface area contributed by atoms with Gasteiger partial charge in [0.15, 0.2) is 0 Å². The van der Waals surface area contributed by atoms with Crippen LogP contribution < -0.4 is 10.6 Å². The Bertz CT molecular complexity index is 529. The van der Waals surface area contributed by atoms with Crippen LogP contribution >= 0.6 is 0 Å². The van der Waals surface area contributed by atoms with Crippen molar-refractivity contribution in [2.45, 2.75) is 57.4 Å². The second-order valence-electron chi connectivity index (χ2n) is 6.50. The molecule has 4 heteroatoms. The maximum Gasteiger partial charge on any atom is 0.251 e. The summed E-state index contributed by atoms with van der Waals surface area (Å²) in [5.74, 6) is 0.267. The zero-order valence-electron chi connectivity index (χ0n) is 12.9. The van der Waals surface area contributed by atoms with Gasteiger partial charge in [-0.25, -0.2) is 0 Å². The largest absolute Gasteiger partial charge is 0.349 e. The number of carbonyl (C=O) groups is 2. The quantitative estimate of drug-likeness (QED) is 0.894. The van der Waals surface area contributed by atoms with Crippen LogP contribution in [-0.4, -0.2) is 17.9 Å². The second kappa shape index (κ2) is 6.95. The standard InChI is InChI=1S/C18H24N2O2/c21-17(13-5-4-6-13)20-16-11-9-14(10-12-16)18(22)19-15-7-2-1-3-8-15/h9-13,15H,1-8H2,(H,19,22)(H,20,21). The maximum absolute atomic E-state index is 12.2. The highest BCUT2D eigenvalue weighted by atomic mass is 16.2. The Morgan fingerprint density at radius 2 is 1.55 bits per heavy atom. The van der Waals surface area contributed by atoms with E-state index in [1.807, 2.05) is 12.1 Å². The topological polar surface area (TPSA) is 58.2 Å². The van der Waals surface area contributed by atoms with E-state index in [0.717, 1.165) is 37.8 Å². The Kier molecular flexibility index (Phi) is 4.76. The summed E-state index contributed by atoms with van der Waals surface area (Å²) in [6.45, 7) is 0. The molecule has 2 fully saturated rings. The molecule has 0 heterocycles. The van der Waals surface area contributed by atoms with Gasteiger partial charge in [0.05, 0.1) is 0 Å². The van der Waals surface area contributed by atoms with Gasteiger partial charge in [0.25, 0.3) is 5.91 Å². The number of amides is 2. The number of hydrogen-bond donors (Lipinski definition) is 2. The summed E-state index contributed by atoms with van der Waals surface area (Å²) in [6.07, 6.45) is 9.00. The van der Waals surface area contributed by atoms with Crippen molar-refractivity contribution >= 4 is 17.5 Å². The highest BCUT2D eigenvalue weighted by Gasteiger charge is 2.25. The lowest BCUT2D eigenvalue weighted by Gasteiger charge is -2.24. The van der Waals surface area contributed by atoms with Crippen molar-refractivity contribution in [1.29, 1.82) is 0 Å². The van der Waals surface area contributed by atoms with E-state index in [4.69, 9.17) is 0 Å². The maximum atomic E-state index is 12.2. The van der Waals surface area contributed by atoms with Crippen LogP contribution in [0.4, 0.5) is 5.69 Å². The molecule has 0 saturated heterocycles. The van der Waals surface area contributed by atoms with E-state index >= 15 is 0 Å². The van der Waals surface area contributed by atoms with E-state index in [1.54, 1.807) is 12.1 Å². The number of hydrogen-bond acceptors (Lipinski definition) is 2. The Balaban J connectivity index is 1.53. The lowest BCUT2D eigenvalue weighted by molar-refractivity contribution is -0.122. The Labute approximate surface area is 131 Å². The van der Waals surface area contributed by atoms with Crippen molar-refractivity contribution in [3.63, 3.8) is 0 Å². The first kappa shape index (κ1) is 15.1. The zero-order chi connectivity index (χ0) is 15.4. The van der Waals surface area contributed by atoms with Gasteiger partial charge in [-0.1, -0.05) is 25.7 Å². The number of carbonyl (C=O) groups excluding carboxylic acids is 2. The Morgan fingerprint density at radius 3 is 2.14 bits per heavy atom. The molecule has 4 nitrogen and oxygen atoms in total. The lowest BCUT2D eigenvalue weighted by atomic mass is 9.85. The van der Waals surface area contributed by atoms with Crippen molar-refractivity contribution in [1.82, 2.24) is 5.32 Å². The molecule has 0 aromatic heterocycles. The van der Waals surface area contributed by atoms with Gasteiger partial charge in [0, 0.05) is 23.2 Å². The average Bonchev–Trinajstić information content (AvgIpc) is 2.47. The molecule has 2 aliphatic rings. The van der Waals surface area contributed by atoms with E-state index in [0.29, 0.717) is 11.6 Å². The van der Waals surface area contributed by atoms with Crippen LogP contribution in [0.2, 0.25) is 0 Å². The fourth-order valence-corrected chi connectivity index (χ4v) is 3.14. The molecule has 22 heavy (non-hydrogen) atoms. The summed E-state index contributed by atoms with van der Waals surface area (Å²) in [5.41, 5.74) is 1.43. The number of benzene rings is 1. The van der Waals surface area contributed by atoms with Crippen LogP contribution in [0, 0.1) is 5.92 Å². The molecule has 0 radical (unpaired) electrons. The number of nitrogens with one attached hydrogen (secondary N) is 2. The molecular weight excluding hydrogens is 276 g/mol. The zero-order valence-corrected chi connectivity index (χ0v) is 12.9. The minimum atomic E-state index is -0.0104. The molecule has 0 unspecified atom stereocenters. The molecule has 0 aliphatic heterocycles. The monoisotopic (exact) mass is 300 g/mol. The van der Waals surface area contributed by atoms with Gasteiger partial charge >= 0.3 is 0 Å². The van der Waals surface area contributed by atoms with Crippen LogP contribution in [0.3, 0.4) is 0 Å². The summed E-state index contributed by atoms with van der Waals surface area (Å²) < 4.78 is 0. The molecule has 1 aromatic rings. The van der Waals surface area contributed by atoms with E-state index in [1.165, 1.54) is 19.3 Å². The summed E-state index contributed by atoms with van der Waals surface area (Å²) in [5, 5.41) is 6.03. The Morgan fingerprint density at radius 1 is 0.864 bits per heavy atom. The molecule has 2 amide bonds. The fourth-order valence-electron chi connectivity index (χ4n) is 3.14. The molecule has 2 N–H and O–H groups in total. The van der Waals surface area contributed by atoms with Crippen LogP contribution in [-0.2, 0) is 4.79 Å². The van der Waals surface area contributed by atoms with E-state index in [-0.39, 0.29) is 17.7 Å². The lowest BCUT2D eigenvalue weighted by Crippen LogP contribution is -2.36. The van der Waals surface area contributed by atoms with Crippen LogP contribution in [0.5, 0.6) is 0 Å². The molecule has 0 spiro atoms. The molecule has 0 bridgehead atoms. The van der Waals surface area contributed by atoms with Gasteiger partial charge < -0.3 is 10.6 Å². The van der Waals surface area contributed by atoms with E-state index in [9.17, 15) is 9.59 Å². The second-order valence-corrected chi connectivity index (χ2v) is 6.50. The number of anilines is 1. The SMILES string of the molecule is O=C(NC1CCCCC1)c1ccc(NC(=O)C2CCC2)cc1. The molecule has 2 saturated carbocycles. The first-order chi connectivity index (χ1) is 10.7. The highest BCUT2D eigenvalue weighted by Crippen LogP contribution is 2.27. The van der Waals surface area contributed by atoms with E-state index < -0.39 is 0 Å². The minimum Gasteiger partial charge on any atom is -0.349 e. The first-order valence-electron chi connectivity index (χ1n) is 8.44. The third-order valence-electron chi connectivity index (χ3n) is 4.83. The molecule has 1 aromatic carbocycles. The van der Waals surface area contributed by atoms with Gasteiger partial charge in [-0.3, -0.25) is 9.59 Å². The smallest absolute Gasteiger partial charge is 0.251 e. The average molecular weight is 300 g/mol. The fraction of sp³-hybridized carbons (Fsp3) is 0.556. The Hall–Kier alpha value is -1.84. The summed E-state index contributed by atoms with van der Waals surface area (Å²) in [7, 11) is 0. The molecule has 0 atom stereocenters. The first-order valence-corrected chi connectivity index (χ1v) is 8.44. The van der Waals surface area contributed by atoms with Crippen molar-refractivity contribution in [2.24, 2.45) is 5.92 Å². The van der Waals surface area contributed by atoms with Gasteiger partial charge in [-0.2, -0.15) is 0 Å². The molecule has 3 rings (SSSR count). The number of rotatable bonds is 4. The highest BCUT2D eigenvalue weighted by molar-refractivity contribution is 5.96. The predicted molar refractivity (Wildman–Crippen MR) is 86.8 cm³/mol. The van der Waals surface area contributed by atoms with Gasteiger partial charge in [0.1, 0.15) is 0 Å². The van der Waals surface area contributed by atoms with Gasteiger partial charge in [0.2, 0.25) is 5.91 Å². The van der Waals surface area contributed by atoms with E-state index in [2.05, 4.69) is 10.6 Å². The van der Waals surface area contributed by atoms with Crippen molar-refractivity contribution in [3.05, 3.63) is 29.8 Å². The minimum absolute atomic E-state index is 0.0104. The van der Waals surface area contributed by atoms with Gasteiger partial charge in [-0.15, -0.1) is 0 Å². The third-order valence-corrected chi connectivity index (χ3v) is 4.83. The summed E-state index contributed by atoms with van der Waals surface area (Å²) in [6, 6.07) is 7.51. The summed E-state index contributed by atoms with van der Waals surface area (Å²) >= 11 is 0. The normalized spacial score (nSPS) is 19.3. The molecular formula is C18H24N2O2. The predicted octanol–water partition coefficient (Wildman–Crippen LogP) is 3.49. The van der Waals surface area contributed by atoms with Gasteiger partial charge in [-0.05, 0) is 49.9 Å². The van der Waals surface area contributed by atoms with Crippen molar-refractivity contribution in [2.75, 3.05) is 5.32 Å². The molecule has 118 valence electrons. The van der Waals surface area contributed by atoms with Crippen LogP contribution in [0.25, 0.3) is 0 Å².